The van der Waals surface area contributed by atoms with Gasteiger partial charge in [0.15, 0.2) is 0 Å². The molecular formula is C21H19ClN2O2. The fourth-order valence-corrected chi connectivity index (χ4v) is 2.72. The molecule has 0 saturated carbocycles. The first kappa shape index (κ1) is 18.0. The van der Waals surface area contributed by atoms with Gasteiger partial charge in [-0.25, -0.2) is 4.98 Å². The monoisotopic (exact) mass is 366 g/mol. The molecule has 0 bridgehead atoms. The summed E-state index contributed by atoms with van der Waals surface area (Å²) in [4.78, 5) is 17.0. The molecule has 2 aromatic carbocycles. The van der Waals surface area contributed by atoms with E-state index in [1.54, 1.807) is 6.07 Å². The molecule has 0 unspecified atom stereocenters. The fourth-order valence-electron chi connectivity index (χ4n) is 2.56. The minimum Gasteiger partial charge on any atom is -0.438 e. The second-order valence-electron chi connectivity index (χ2n) is 6.03. The van der Waals surface area contributed by atoms with Gasteiger partial charge in [0.2, 0.25) is 5.88 Å². The van der Waals surface area contributed by atoms with Gasteiger partial charge >= 0.3 is 0 Å². The summed E-state index contributed by atoms with van der Waals surface area (Å²) in [5, 5.41) is 3.33. The van der Waals surface area contributed by atoms with Gasteiger partial charge in [-0.15, -0.1) is 0 Å². The molecule has 26 heavy (non-hydrogen) atoms. The van der Waals surface area contributed by atoms with Crippen LogP contribution in [0.4, 0.5) is 0 Å². The quantitative estimate of drug-likeness (QED) is 0.664. The maximum atomic E-state index is 12.8. The van der Waals surface area contributed by atoms with E-state index in [1.165, 1.54) is 6.20 Å². The van der Waals surface area contributed by atoms with Crippen LogP contribution in [0, 0.1) is 6.92 Å². The van der Waals surface area contributed by atoms with Crippen LogP contribution in [0.1, 0.15) is 34.5 Å². The molecule has 1 atom stereocenters. The number of nitrogens with one attached hydrogen (secondary N) is 1. The summed E-state index contributed by atoms with van der Waals surface area (Å²) in [5.41, 5.74) is 2.36. The van der Waals surface area contributed by atoms with Crippen molar-refractivity contribution in [3.05, 3.63) is 88.6 Å². The van der Waals surface area contributed by atoms with Gasteiger partial charge in [-0.2, -0.15) is 0 Å². The Kier molecular flexibility index (Phi) is 5.54. The van der Waals surface area contributed by atoms with E-state index in [2.05, 4.69) is 10.3 Å². The third kappa shape index (κ3) is 4.41. The van der Waals surface area contributed by atoms with Gasteiger partial charge in [-0.05, 0) is 43.2 Å². The molecule has 1 amide bonds. The van der Waals surface area contributed by atoms with E-state index in [4.69, 9.17) is 16.3 Å². The number of amides is 1. The van der Waals surface area contributed by atoms with Crippen molar-refractivity contribution in [2.45, 2.75) is 19.9 Å². The van der Waals surface area contributed by atoms with Crippen molar-refractivity contribution in [1.29, 1.82) is 0 Å². The highest BCUT2D eigenvalue weighted by Gasteiger charge is 2.18. The third-order valence-electron chi connectivity index (χ3n) is 3.91. The van der Waals surface area contributed by atoms with Crippen LogP contribution in [0.15, 0.2) is 66.9 Å². The fraction of sp³-hybridized carbons (Fsp3) is 0.143. The van der Waals surface area contributed by atoms with E-state index in [9.17, 15) is 4.79 Å². The van der Waals surface area contributed by atoms with Gasteiger partial charge < -0.3 is 10.1 Å². The molecule has 0 spiro atoms. The second kappa shape index (κ2) is 8.02. The SMILES string of the molecule is Cc1cccc(Oc2ncc(Cl)cc2C(=O)N[C@@H](C)c2ccccc2)c1. The summed E-state index contributed by atoms with van der Waals surface area (Å²) in [6.45, 7) is 3.89. The van der Waals surface area contributed by atoms with E-state index in [0.717, 1.165) is 11.1 Å². The molecule has 3 aromatic rings. The minimum atomic E-state index is -0.293. The van der Waals surface area contributed by atoms with Crippen molar-refractivity contribution in [3.63, 3.8) is 0 Å². The molecule has 0 aliphatic carbocycles. The van der Waals surface area contributed by atoms with E-state index >= 15 is 0 Å². The lowest BCUT2D eigenvalue weighted by molar-refractivity contribution is 0.0937. The van der Waals surface area contributed by atoms with E-state index in [-0.39, 0.29) is 17.8 Å². The zero-order chi connectivity index (χ0) is 18.5. The van der Waals surface area contributed by atoms with E-state index in [0.29, 0.717) is 16.3 Å². The molecule has 4 nitrogen and oxygen atoms in total. The van der Waals surface area contributed by atoms with Gasteiger partial charge in [-0.1, -0.05) is 54.1 Å². The van der Waals surface area contributed by atoms with Crippen LogP contribution in [0.3, 0.4) is 0 Å². The number of benzene rings is 2. The normalized spacial score (nSPS) is 11.7. The minimum absolute atomic E-state index is 0.158. The van der Waals surface area contributed by atoms with Crippen molar-refractivity contribution in [2.24, 2.45) is 0 Å². The first-order chi connectivity index (χ1) is 12.5. The number of rotatable bonds is 5. The molecule has 0 fully saturated rings. The van der Waals surface area contributed by atoms with Gasteiger partial charge in [0, 0.05) is 6.20 Å². The van der Waals surface area contributed by atoms with Crippen LogP contribution >= 0.6 is 11.6 Å². The molecular weight excluding hydrogens is 348 g/mol. The number of carbonyl (C=O) groups is 1. The van der Waals surface area contributed by atoms with Gasteiger partial charge in [0.05, 0.1) is 11.1 Å². The molecule has 1 aromatic heterocycles. The average molecular weight is 367 g/mol. The Labute approximate surface area is 157 Å². The zero-order valence-electron chi connectivity index (χ0n) is 14.6. The van der Waals surface area contributed by atoms with Crippen LogP contribution in [-0.4, -0.2) is 10.9 Å². The predicted octanol–water partition coefficient (Wildman–Crippen LogP) is 5.33. The Morgan fingerprint density at radius 2 is 1.88 bits per heavy atom. The van der Waals surface area contributed by atoms with Crippen molar-refractivity contribution >= 4 is 17.5 Å². The zero-order valence-corrected chi connectivity index (χ0v) is 15.3. The number of halogens is 1. The molecule has 1 heterocycles. The number of hydrogen-bond acceptors (Lipinski definition) is 3. The Morgan fingerprint density at radius 3 is 2.62 bits per heavy atom. The highest BCUT2D eigenvalue weighted by Crippen LogP contribution is 2.26. The van der Waals surface area contributed by atoms with Crippen molar-refractivity contribution in [1.82, 2.24) is 10.3 Å². The number of carbonyl (C=O) groups excluding carboxylic acids is 1. The predicted molar refractivity (Wildman–Crippen MR) is 103 cm³/mol. The number of aryl methyl sites for hydroxylation is 1. The molecule has 1 N–H and O–H groups in total. The Hall–Kier alpha value is -2.85. The number of nitrogens with zero attached hydrogens (tertiary/aromatic N) is 1. The maximum absolute atomic E-state index is 12.8. The molecule has 0 aliphatic heterocycles. The molecule has 132 valence electrons. The smallest absolute Gasteiger partial charge is 0.257 e. The van der Waals surface area contributed by atoms with Gasteiger partial charge in [0.1, 0.15) is 11.3 Å². The standard InChI is InChI=1S/C21H19ClN2O2/c1-14-7-6-10-18(11-14)26-21-19(12-17(22)13-23-21)20(25)24-15(2)16-8-4-3-5-9-16/h3-13,15H,1-2H3,(H,24,25)/t15-/m0/s1. The Morgan fingerprint density at radius 1 is 1.12 bits per heavy atom. The van der Waals surface area contributed by atoms with Crippen LogP contribution in [0.2, 0.25) is 5.02 Å². The van der Waals surface area contributed by atoms with Crippen molar-refractivity contribution in [2.75, 3.05) is 0 Å². The van der Waals surface area contributed by atoms with Gasteiger partial charge in [-0.3, -0.25) is 4.79 Å². The molecule has 0 aliphatic rings. The van der Waals surface area contributed by atoms with E-state index in [1.807, 2.05) is 68.4 Å². The summed E-state index contributed by atoms with van der Waals surface area (Å²) < 4.78 is 5.82. The Bertz CT molecular complexity index is 913. The first-order valence-electron chi connectivity index (χ1n) is 8.29. The largest absolute Gasteiger partial charge is 0.438 e. The molecule has 0 radical (unpaired) electrons. The lowest BCUT2D eigenvalue weighted by Gasteiger charge is -2.16. The van der Waals surface area contributed by atoms with Gasteiger partial charge in [0.25, 0.3) is 5.91 Å². The third-order valence-corrected chi connectivity index (χ3v) is 4.12. The summed E-state index contributed by atoms with van der Waals surface area (Å²) in [6.07, 6.45) is 1.46. The molecule has 5 heteroatoms. The summed E-state index contributed by atoms with van der Waals surface area (Å²) in [7, 11) is 0. The van der Waals surface area contributed by atoms with E-state index < -0.39 is 0 Å². The van der Waals surface area contributed by atoms with Crippen molar-refractivity contribution < 1.29 is 9.53 Å². The second-order valence-corrected chi connectivity index (χ2v) is 6.47. The molecule has 0 saturated heterocycles. The summed E-state index contributed by atoms with van der Waals surface area (Å²) in [6, 6.07) is 18.7. The number of hydrogen-bond donors (Lipinski definition) is 1. The van der Waals surface area contributed by atoms with Crippen LogP contribution in [-0.2, 0) is 0 Å². The van der Waals surface area contributed by atoms with Crippen LogP contribution < -0.4 is 10.1 Å². The summed E-state index contributed by atoms with van der Waals surface area (Å²) in [5.74, 6) is 0.543. The first-order valence-corrected chi connectivity index (χ1v) is 8.66. The maximum Gasteiger partial charge on any atom is 0.257 e. The topological polar surface area (TPSA) is 51.2 Å². The molecule has 3 rings (SSSR count). The lowest BCUT2D eigenvalue weighted by atomic mass is 10.1. The van der Waals surface area contributed by atoms with Crippen LogP contribution in [0.25, 0.3) is 0 Å². The number of aromatic nitrogens is 1. The highest BCUT2D eigenvalue weighted by molar-refractivity contribution is 6.30. The Balaban J connectivity index is 1.84. The lowest BCUT2D eigenvalue weighted by Crippen LogP contribution is -2.27. The average Bonchev–Trinajstić information content (AvgIpc) is 2.64. The van der Waals surface area contributed by atoms with Crippen molar-refractivity contribution in [3.8, 4) is 11.6 Å². The number of pyridine rings is 1. The highest BCUT2D eigenvalue weighted by atomic mass is 35.5. The van der Waals surface area contributed by atoms with Crippen LogP contribution in [0.5, 0.6) is 11.6 Å². The number of ether oxygens (including phenoxy) is 1. The summed E-state index contributed by atoms with van der Waals surface area (Å²) >= 11 is 6.04.